The summed E-state index contributed by atoms with van der Waals surface area (Å²) in [5, 5.41) is 22.5. The van der Waals surface area contributed by atoms with E-state index in [1.807, 2.05) is 9.20 Å². The number of anilines is 1. The molecule has 1 aromatic carbocycles. The third-order valence-corrected chi connectivity index (χ3v) is 8.71. The molecule has 8 rings (SSSR count). The summed E-state index contributed by atoms with van der Waals surface area (Å²) in [7, 11) is 0. The van der Waals surface area contributed by atoms with E-state index >= 15 is 0 Å². The van der Waals surface area contributed by atoms with Crippen molar-refractivity contribution in [2.75, 3.05) is 24.6 Å². The molecule has 4 aromatic rings. The molecule has 9 nitrogen and oxygen atoms in total. The van der Waals surface area contributed by atoms with Crippen molar-refractivity contribution in [3.63, 3.8) is 0 Å². The predicted octanol–water partition coefficient (Wildman–Crippen LogP) is 2.85. The van der Waals surface area contributed by atoms with Gasteiger partial charge >= 0.3 is 0 Å². The lowest BCUT2D eigenvalue weighted by molar-refractivity contribution is -0.0725. The molecular formula is C27H31N7O2. The zero-order valence-corrected chi connectivity index (χ0v) is 20.7. The van der Waals surface area contributed by atoms with Crippen molar-refractivity contribution in [2.24, 2.45) is 11.8 Å². The highest BCUT2D eigenvalue weighted by Crippen LogP contribution is 2.59. The fourth-order valence-corrected chi connectivity index (χ4v) is 6.56. The number of benzene rings is 1. The largest absolute Gasteiger partial charge is 0.390 e. The Hall–Kier alpha value is -3.30. The fourth-order valence-electron chi connectivity index (χ4n) is 6.56. The van der Waals surface area contributed by atoms with Gasteiger partial charge in [-0.25, -0.2) is 9.50 Å². The van der Waals surface area contributed by atoms with Crippen LogP contribution in [0.4, 0.5) is 5.69 Å². The first-order chi connectivity index (χ1) is 17.5. The van der Waals surface area contributed by atoms with Crippen LogP contribution >= 0.6 is 0 Å². The van der Waals surface area contributed by atoms with Crippen molar-refractivity contribution < 1.29 is 9.84 Å². The highest BCUT2D eigenvalue weighted by molar-refractivity contribution is 5.58. The molecule has 0 radical (unpaired) electrons. The molecule has 0 amide bonds. The van der Waals surface area contributed by atoms with Gasteiger partial charge < -0.3 is 14.7 Å². The molecule has 186 valence electrons. The van der Waals surface area contributed by atoms with E-state index in [0.29, 0.717) is 18.2 Å². The minimum atomic E-state index is -0.478. The van der Waals surface area contributed by atoms with Crippen molar-refractivity contribution in [2.45, 2.75) is 50.9 Å². The van der Waals surface area contributed by atoms with E-state index in [9.17, 15) is 5.11 Å². The van der Waals surface area contributed by atoms with Crippen LogP contribution in [-0.4, -0.2) is 54.4 Å². The molecule has 36 heavy (non-hydrogen) atoms. The van der Waals surface area contributed by atoms with Crippen molar-refractivity contribution in [3.8, 4) is 0 Å². The lowest BCUT2D eigenvalue weighted by Crippen LogP contribution is -2.48. The Morgan fingerprint density at radius 3 is 2.83 bits per heavy atom. The second-order valence-electron chi connectivity index (χ2n) is 11.0. The maximum atomic E-state index is 9.33. The molecule has 3 aliphatic heterocycles. The normalized spacial score (nSPS) is 29.2. The number of aliphatic hydroxyl groups is 1. The molecule has 2 bridgehead atoms. The number of aryl methyl sites for hydroxylation is 1. The average Bonchev–Trinajstić information content (AvgIpc) is 3.70. The van der Waals surface area contributed by atoms with Gasteiger partial charge in [0.25, 0.3) is 0 Å². The first-order valence-corrected chi connectivity index (χ1v) is 12.8. The SMILES string of the molecule is Cc1cc(N2CC[C@](C)(c3ccccc3)C2)cn2nc(C34CC(CO3)C4Cn3cc(CO)nn3)nc12. The molecule has 9 heteroatoms. The van der Waals surface area contributed by atoms with Gasteiger partial charge in [0.15, 0.2) is 11.5 Å². The van der Waals surface area contributed by atoms with Gasteiger partial charge in [0.05, 0.1) is 31.3 Å². The predicted molar refractivity (Wildman–Crippen MR) is 134 cm³/mol. The summed E-state index contributed by atoms with van der Waals surface area (Å²) >= 11 is 0. The van der Waals surface area contributed by atoms with E-state index in [2.05, 4.69) is 71.7 Å². The number of rotatable bonds is 6. The van der Waals surface area contributed by atoms with Gasteiger partial charge in [-0.1, -0.05) is 42.5 Å². The maximum absolute atomic E-state index is 9.33. The summed E-state index contributed by atoms with van der Waals surface area (Å²) in [5.74, 6) is 1.47. The van der Waals surface area contributed by atoms with Gasteiger partial charge in [-0.15, -0.1) is 10.2 Å². The Balaban J connectivity index is 1.17. The van der Waals surface area contributed by atoms with Crippen LogP contribution in [0.5, 0.6) is 0 Å². The highest BCUT2D eigenvalue weighted by atomic mass is 16.5. The first-order valence-electron chi connectivity index (χ1n) is 12.8. The van der Waals surface area contributed by atoms with Crippen LogP contribution in [-0.2, 0) is 28.9 Å². The van der Waals surface area contributed by atoms with Crippen LogP contribution < -0.4 is 4.90 Å². The molecule has 1 aliphatic carbocycles. The molecule has 6 heterocycles. The van der Waals surface area contributed by atoms with Gasteiger partial charge in [0, 0.05) is 31.0 Å². The molecule has 4 atom stereocenters. The molecule has 1 N–H and O–H groups in total. The summed E-state index contributed by atoms with van der Waals surface area (Å²) in [5.41, 5.74) is 4.82. The number of ether oxygens (including phenoxy) is 1. The van der Waals surface area contributed by atoms with Crippen LogP contribution in [0, 0.1) is 18.8 Å². The van der Waals surface area contributed by atoms with Crippen LogP contribution in [0.25, 0.3) is 5.65 Å². The monoisotopic (exact) mass is 485 g/mol. The summed E-state index contributed by atoms with van der Waals surface area (Å²) < 4.78 is 10.1. The van der Waals surface area contributed by atoms with Gasteiger partial charge in [0.1, 0.15) is 11.3 Å². The molecule has 0 spiro atoms. The van der Waals surface area contributed by atoms with Crippen molar-refractivity contribution >= 4 is 11.3 Å². The Kier molecular flexibility index (Phi) is 4.78. The molecule has 3 unspecified atom stereocenters. The Morgan fingerprint density at radius 2 is 2.06 bits per heavy atom. The van der Waals surface area contributed by atoms with E-state index in [1.54, 1.807) is 6.20 Å². The van der Waals surface area contributed by atoms with E-state index in [-0.39, 0.29) is 17.9 Å². The first kappa shape index (κ1) is 21.9. The molecule has 4 aliphatic rings. The lowest BCUT2D eigenvalue weighted by Gasteiger charge is -2.42. The number of hydrogen-bond donors (Lipinski definition) is 1. The van der Waals surface area contributed by atoms with Gasteiger partial charge in [-0.05, 0) is 42.9 Å². The van der Waals surface area contributed by atoms with E-state index in [4.69, 9.17) is 14.8 Å². The molecule has 4 fully saturated rings. The number of aromatic nitrogens is 6. The topological polar surface area (TPSA) is 93.6 Å². The Morgan fingerprint density at radius 1 is 1.19 bits per heavy atom. The zero-order chi connectivity index (χ0) is 24.5. The summed E-state index contributed by atoms with van der Waals surface area (Å²) in [6.07, 6.45) is 5.98. The van der Waals surface area contributed by atoms with E-state index < -0.39 is 5.60 Å². The smallest absolute Gasteiger partial charge is 0.183 e. The van der Waals surface area contributed by atoms with Gasteiger partial charge in [-0.3, -0.25) is 4.68 Å². The maximum Gasteiger partial charge on any atom is 0.183 e. The minimum absolute atomic E-state index is 0.104. The van der Waals surface area contributed by atoms with Crippen molar-refractivity contribution in [1.29, 1.82) is 0 Å². The molecular weight excluding hydrogens is 454 g/mol. The minimum Gasteiger partial charge on any atom is -0.390 e. The quantitative estimate of drug-likeness (QED) is 0.449. The van der Waals surface area contributed by atoms with Crippen LogP contribution in [0.3, 0.4) is 0 Å². The van der Waals surface area contributed by atoms with Crippen LogP contribution in [0.15, 0.2) is 48.8 Å². The second-order valence-corrected chi connectivity index (χ2v) is 11.0. The Bertz CT molecular complexity index is 1430. The zero-order valence-electron chi connectivity index (χ0n) is 20.7. The van der Waals surface area contributed by atoms with Gasteiger partial charge in [-0.2, -0.15) is 0 Å². The fraction of sp³-hybridized carbons (Fsp3) is 0.481. The van der Waals surface area contributed by atoms with Crippen molar-refractivity contribution in [3.05, 3.63) is 71.4 Å². The van der Waals surface area contributed by atoms with Gasteiger partial charge in [0.2, 0.25) is 0 Å². The molecule has 1 saturated carbocycles. The highest BCUT2D eigenvalue weighted by Gasteiger charge is 2.64. The number of nitrogens with zero attached hydrogens (tertiary/aromatic N) is 7. The van der Waals surface area contributed by atoms with Crippen molar-refractivity contribution in [1.82, 2.24) is 29.6 Å². The van der Waals surface area contributed by atoms with E-state index in [1.165, 1.54) is 11.3 Å². The van der Waals surface area contributed by atoms with Crippen LogP contribution in [0.2, 0.25) is 0 Å². The third-order valence-electron chi connectivity index (χ3n) is 8.71. The second kappa shape index (κ2) is 7.85. The number of fused-ring (bicyclic) bond motifs is 2. The average molecular weight is 486 g/mol. The third kappa shape index (κ3) is 3.22. The summed E-state index contributed by atoms with van der Waals surface area (Å²) in [6, 6.07) is 13.1. The Labute approximate surface area is 209 Å². The lowest BCUT2D eigenvalue weighted by atomic mass is 9.63. The number of aliphatic hydroxyl groups excluding tert-OH is 1. The van der Waals surface area contributed by atoms with Crippen LogP contribution in [0.1, 0.15) is 42.4 Å². The summed E-state index contributed by atoms with van der Waals surface area (Å²) in [6.45, 7) is 7.78. The molecule has 3 saturated heterocycles. The summed E-state index contributed by atoms with van der Waals surface area (Å²) in [4.78, 5) is 7.45. The van der Waals surface area contributed by atoms with E-state index in [0.717, 1.165) is 49.6 Å². The standard InChI is InChI=1S/C27H31N7O2/c1-18-10-22(32-9-8-26(2,17-32)20-6-4-3-5-7-20)13-34-24(18)28-25(30-34)27-11-19(16-36-27)23(27)14-33-12-21(15-35)29-31-33/h3-7,10,12-13,19,23,35H,8-9,11,14-17H2,1-2H3/t19?,23?,26-,27?/m0/s1. The number of pyridine rings is 1. The molecule has 3 aromatic heterocycles. The number of hydrogen-bond acceptors (Lipinski definition) is 7.